The van der Waals surface area contributed by atoms with E-state index in [2.05, 4.69) is 20.7 Å². The van der Waals surface area contributed by atoms with Crippen molar-refractivity contribution in [1.29, 1.82) is 0 Å². The summed E-state index contributed by atoms with van der Waals surface area (Å²) in [6, 6.07) is 6.78. The van der Waals surface area contributed by atoms with Crippen LogP contribution in [-0.4, -0.2) is 13.1 Å². The second-order valence-corrected chi connectivity index (χ2v) is 3.92. The first kappa shape index (κ1) is 11.9. The van der Waals surface area contributed by atoms with Crippen LogP contribution in [0, 0.1) is 0 Å². The first-order chi connectivity index (χ1) is 8.19. The van der Waals surface area contributed by atoms with Gasteiger partial charge in [0.15, 0.2) is 5.43 Å². The van der Waals surface area contributed by atoms with Gasteiger partial charge in [-0.3, -0.25) is 4.79 Å². The van der Waals surface area contributed by atoms with E-state index in [1.54, 1.807) is 24.3 Å². The first-order valence-corrected chi connectivity index (χ1v) is 6.00. The van der Waals surface area contributed by atoms with E-state index in [1.807, 2.05) is 0 Å². The first-order valence-electron chi connectivity index (χ1n) is 4.88. The molecule has 0 aliphatic rings. The molecule has 1 aromatic carbocycles. The van der Waals surface area contributed by atoms with Gasteiger partial charge >= 0.3 is 5.97 Å². The van der Waals surface area contributed by atoms with Crippen molar-refractivity contribution in [2.45, 2.75) is 5.33 Å². The van der Waals surface area contributed by atoms with Gasteiger partial charge in [-0.2, -0.15) is 0 Å². The molecule has 0 amide bonds. The third-order valence-corrected chi connectivity index (χ3v) is 2.96. The van der Waals surface area contributed by atoms with Crippen LogP contribution in [0.5, 0.6) is 0 Å². The zero-order chi connectivity index (χ0) is 12.4. The van der Waals surface area contributed by atoms with E-state index in [9.17, 15) is 9.59 Å². The lowest BCUT2D eigenvalue weighted by molar-refractivity contribution is 0.0564. The third-order valence-electron chi connectivity index (χ3n) is 2.40. The number of benzene rings is 1. The Kier molecular flexibility index (Phi) is 3.28. The Morgan fingerprint density at radius 3 is 2.76 bits per heavy atom. The van der Waals surface area contributed by atoms with Crippen LogP contribution in [0.2, 0.25) is 0 Å². The lowest BCUT2D eigenvalue weighted by Gasteiger charge is -2.05. The van der Waals surface area contributed by atoms with Crippen LogP contribution in [0.25, 0.3) is 11.0 Å². The van der Waals surface area contributed by atoms with Crippen LogP contribution < -0.4 is 5.43 Å². The van der Waals surface area contributed by atoms with Gasteiger partial charge in [-0.15, -0.1) is 0 Å². The van der Waals surface area contributed by atoms with Gasteiger partial charge in [-0.05, 0) is 12.1 Å². The summed E-state index contributed by atoms with van der Waals surface area (Å²) in [5.74, 6) is -0.699. The summed E-state index contributed by atoms with van der Waals surface area (Å²) in [7, 11) is 1.25. The van der Waals surface area contributed by atoms with Gasteiger partial charge in [-0.1, -0.05) is 28.1 Å². The molecule has 4 nitrogen and oxygen atoms in total. The summed E-state index contributed by atoms with van der Waals surface area (Å²) >= 11 is 3.17. The van der Waals surface area contributed by atoms with E-state index in [0.29, 0.717) is 11.0 Å². The van der Waals surface area contributed by atoms with Crippen molar-refractivity contribution >= 4 is 32.9 Å². The molecule has 0 radical (unpaired) electrons. The second-order valence-electron chi connectivity index (χ2n) is 3.36. The van der Waals surface area contributed by atoms with E-state index in [-0.39, 0.29) is 22.1 Å². The molecule has 17 heavy (non-hydrogen) atoms. The van der Waals surface area contributed by atoms with Gasteiger partial charge in [-0.25, -0.2) is 4.79 Å². The number of methoxy groups -OCH3 is 1. The Morgan fingerprint density at radius 1 is 1.41 bits per heavy atom. The summed E-state index contributed by atoms with van der Waals surface area (Å²) in [6.07, 6.45) is 0. The lowest BCUT2D eigenvalue weighted by atomic mass is 10.1. The SMILES string of the molecule is COC(=O)c1oc2ccccc2c(=O)c1CBr. The number of alkyl halides is 1. The number of carbonyl (C=O) groups is 1. The van der Waals surface area contributed by atoms with Crippen LogP contribution in [-0.2, 0) is 10.1 Å². The van der Waals surface area contributed by atoms with Gasteiger partial charge in [0.1, 0.15) is 5.58 Å². The molecule has 0 unspecified atom stereocenters. The highest BCUT2D eigenvalue weighted by molar-refractivity contribution is 9.08. The molecular formula is C12H9BrO4. The minimum Gasteiger partial charge on any atom is -0.463 e. The van der Waals surface area contributed by atoms with Gasteiger partial charge in [0.25, 0.3) is 0 Å². The van der Waals surface area contributed by atoms with Gasteiger partial charge < -0.3 is 9.15 Å². The molecule has 0 bridgehead atoms. The Morgan fingerprint density at radius 2 is 2.12 bits per heavy atom. The van der Waals surface area contributed by atoms with Gasteiger partial charge in [0.05, 0.1) is 18.1 Å². The highest BCUT2D eigenvalue weighted by Crippen LogP contribution is 2.18. The molecule has 5 heteroatoms. The second kappa shape index (κ2) is 4.71. The summed E-state index contributed by atoms with van der Waals surface area (Å²) in [4.78, 5) is 23.6. The Labute approximate surface area is 105 Å². The quantitative estimate of drug-likeness (QED) is 0.631. The topological polar surface area (TPSA) is 56.5 Å². The summed E-state index contributed by atoms with van der Waals surface area (Å²) in [5.41, 5.74) is 0.433. The molecule has 88 valence electrons. The maximum absolute atomic E-state index is 12.1. The minimum atomic E-state index is -0.651. The Hall–Kier alpha value is -1.62. The van der Waals surface area contributed by atoms with E-state index in [1.165, 1.54) is 7.11 Å². The average molecular weight is 297 g/mol. The van der Waals surface area contributed by atoms with Crippen molar-refractivity contribution in [2.24, 2.45) is 0 Å². The minimum absolute atomic E-state index is 0.0481. The number of carbonyl (C=O) groups excluding carboxylic acids is 1. The van der Waals surface area contributed by atoms with Gasteiger partial charge in [0.2, 0.25) is 5.76 Å². The fourth-order valence-corrected chi connectivity index (χ4v) is 2.07. The lowest BCUT2D eigenvalue weighted by Crippen LogP contribution is -2.15. The number of hydrogen-bond acceptors (Lipinski definition) is 4. The molecule has 0 aliphatic heterocycles. The molecule has 2 rings (SSSR count). The van der Waals surface area contributed by atoms with Crippen LogP contribution in [0.1, 0.15) is 16.1 Å². The number of rotatable bonds is 2. The van der Waals surface area contributed by atoms with E-state index >= 15 is 0 Å². The maximum Gasteiger partial charge on any atom is 0.374 e. The number of fused-ring (bicyclic) bond motifs is 1. The molecular weight excluding hydrogens is 288 g/mol. The van der Waals surface area contributed by atoms with Crippen molar-refractivity contribution in [3.8, 4) is 0 Å². The predicted octanol–water partition coefficient (Wildman–Crippen LogP) is 2.47. The molecule has 0 N–H and O–H groups in total. The van der Waals surface area contributed by atoms with Crippen molar-refractivity contribution in [3.63, 3.8) is 0 Å². The van der Waals surface area contributed by atoms with Gasteiger partial charge in [0, 0.05) is 5.33 Å². The van der Waals surface area contributed by atoms with Crippen LogP contribution in [0.15, 0.2) is 33.5 Å². The molecule has 0 saturated carbocycles. The number of halogens is 1. The number of ether oxygens (including phenoxy) is 1. The number of para-hydroxylation sites is 1. The standard InChI is InChI=1S/C12H9BrO4/c1-16-12(15)11-8(6-13)10(14)7-4-2-3-5-9(7)17-11/h2-5H,6H2,1H3. The van der Waals surface area contributed by atoms with E-state index in [0.717, 1.165) is 0 Å². The summed E-state index contributed by atoms with van der Waals surface area (Å²) < 4.78 is 10.0. The van der Waals surface area contributed by atoms with Crippen molar-refractivity contribution in [1.82, 2.24) is 0 Å². The zero-order valence-corrected chi connectivity index (χ0v) is 10.6. The molecule has 0 spiro atoms. The Bertz CT molecular complexity index is 630. The van der Waals surface area contributed by atoms with Crippen LogP contribution >= 0.6 is 15.9 Å². The largest absolute Gasteiger partial charge is 0.463 e. The Balaban J connectivity index is 2.85. The summed E-state index contributed by atoms with van der Waals surface area (Å²) in [5, 5.41) is 0.694. The molecule has 0 saturated heterocycles. The number of esters is 1. The third kappa shape index (κ3) is 1.98. The molecule has 1 aromatic heterocycles. The fourth-order valence-electron chi connectivity index (χ4n) is 1.56. The highest BCUT2D eigenvalue weighted by Gasteiger charge is 2.19. The van der Waals surface area contributed by atoms with Crippen molar-refractivity contribution < 1.29 is 13.9 Å². The monoisotopic (exact) mass is 296 g/mol. The molecule has 0 fully saturated rings. The smallest absolute Gasteiger partial charge is 0.374 e. The molecule has 2 aromatic rings. The molecule has 0 aliphatic carbocycles. The normalized spacial score (nSPS) is 10.5. The summed E-state index contributed by atoms with van der Waals surface area (Å²) in [6.45, 7) is 0. The van der Waals surface area contributed by atoms with Crippen molar-refractivity contribution in [3.05, 3.63) is 45.8 Å². The van der Waals surface area contributed by atoms with E-state index < -0.39 is 5.97 Å². The van der Waals surface area contributed by atoms with Crippen molar-refractivity contribution in [2.75, 3.05) is 7.11 Å². The number of hydrogen-bond donors (Lipinski definition) is 0. The fraction of sp³-hybridized carbons (Fsp3) is 0.167. The highest BCUT2D eigenvalue weighted by atomic mass is 79.9. The van der Waals surface area contributed by atoms with Crippen LogP contribution in [0.4, 0.5) is 0 Å². The zero-order valence-electron chi connectivity index (χ0n) is 9.03. The van der Waals surface area contributed by atoms with Crippen LogP contribution in [0.3, 0.4) is 0 Å². The predicted molar refractivity (Wildman–Crippen MR) is 66.5 cm³/mol. The van der Waals surface area contributed by atoms with E-state index in [4.69, 9.17) is 4.42 Å². The molecule has 0 atom stereocenters. The molecule has 1 heterocycles. The maximum atomic E-state index is 12.1. The average Bonchev–Trinajstić information content (AvgIpc) is 2.37.